The molecule has 6 nitrogen and oxygen atoms in total. The summed E-state index contributed by atoms with van der Waals surface area (Å²) in [7, 11) is 0. The molecule has 0 bridgehead atoms. The summed E-state index contributed by atoms with van der Waals surface area (Å²) in [5, 5.41) is 12.3. The number of pyridine rings is 2. The number of carboxylic acids is 1. The Morgan fingerprint density at radius 3 is 2.28 bits per heavy atom. The largest absolute Gasteiger partial charge is 0.478 e. The van der Waals surface area contributed by atoms with Gasteiger partial charge in [0.05, 0.1) is 5.56 Å². The monoisotopic (exact) mass is 383 g/mol. The van der Waals surface area contributed by atoms with Gasteiger partial charge in [-0.3, -0.25) is 0 Å². The first-order valence-electron chi connectivity index (χ1n) is 8.94. The van der Waals surface area contributed by atoms with Crippen molar-refractivity contribution in [2.75, 3.05) is 5.32 Å². The van der Waals surface area contributed by atoms with Gasteiger partial charge in [0.2, 0.25) is 5.88 Å². The summed E-state index contributed by atoms with van der Waals surface area (Å²) in [4.78, 5) is 19.6. The van der Waals surface area contributed by atoms with Crippen LogP contribution in [-0.2, 0) is 0 Å². The van der Waals surface area contributed by atoms with E-state index in [0.717, 1.165) is 22.6 Å². The van der Waals surface area contributed by atoms with Crippen molar-refractivity contribution < 1.29 is 14.6 Å². The molecule has 2 N–H and O–H groups in total. The van der Waals surface area contributed by atoms with Gasteiger partial charge in [0, 0.05) is 23.6 Å². The molecule has 0 aliphatic carbocycles. The summed E-state index contributed by atoms with van der Waals surface area (Å²) in [5.41, 5.74) is 2.73. The van der Waals surface area contributed by atoms with Crippen LogP contribution in [0, 0.1) is 0 Å². The topological polar surface area (TPSA) is 84.3 Å². The van der Waals surface area contributed by atoms with Gasteiger partial charge in [0.15, 0.2) is 0 Å². The number of carbonyl (C=O) groups is 1. The Labute approximate surface area is 167 Å². The molecule has 0 amide bonds. The van der Waals surface area contributed by atoms with E-state index in [9.17, 15) is 4.79 Å². The first-order valence-corrected chi connectivity index (χ1v) is 8.94. The van der Waals surface area contributed by atoms with Crippen LogP contribution >= 0.6 is 0 Å². The smallest absolute Gasteiger partial charge is 0.335 e. The van der Waals surface area contributed by atoms with Crippen LogP contribution in [0.4, 0.5) is 11.5 Å². The molecule has 2 aromatic heterocycles. The lowest BCUT2D eigenvalue weighted by atomic mass is 10.1. The van der Waals surface area contributed by atoms with Gasteiger partial charge in [-0.25, -0.2) is 14.8 Å². The first kappa shape index (κ1) is 18.2. The van der Waals surface area contributed by atoms with Gasteiger partial charge in [0.25, 0.3) is 0 Å². The van der Waals surface area contributed by atoms with Gasteiger partial charge in [0.1, 0.15) is 11.6 Å². The highest BCUT2D eigenvalue weighted by molar-refractivity contribution is 5.88. The van der Waals surface area contributed by atoms with E-state index >= 15 is 0 Å². The molecule has 0 atom stereocenters. The standard InChI is InChI=1S/C23H17N3O3/c27-23(28)17-8-6-16(7-9-17)20-4-3-15-25-22(20)29-19-12-10-18(11-13-19)26-21-5-1-2-14-24-21/h1-15H,(H,24,26)(H,27,28). The van der Waals surface area contributed by atoms with E-state index in [2.05, 4.69) is 15.3 Å². The Balaban J connectivity index is 1.53. The molecule has 6 heteroatoms. The predicted octanol–water partition coefficient (Wildman–Crippen LogP) is 5.38. The van der Waals surface area contributed by atoms with Crippen LogP contribution in [0.1, 0.15) is 10.4 Å². The fraction of sp³-hybridized carbons (Fsp3) is 0. The minimum Gasteiger partial charge on any atom is -0.478 e. The molecule has 0 aliphatic rings. The molecular formula is C23H17N3O3. The first-order chi connectivity index (χ1) is 14.2. The normalized spacial score (nSPS) is 10.3. The van der Waals surface area contributed by atoms with Gasteiger partial charge >= 0.3 is 5.97 Å². The number of carboxylic acid groups (broad SMARTS) is 1. The molecule has 2 aromatic carbocycles. The van der Waals surface area contributed by atoms with E-state index in [-0.39, 0.29) is 5.56 Å². The highest BCUT2D eigenvalue weighted by atomic mass is 16.5. The van der Waals surface area contributed by atoms with Crippen molar-refractivity contribution in [1.82, 2.24) is 9.97 Å². The maximum Gasteiger partial charge on any atom is 0.335 e. The Bertz CT molecular complexity index is 1110. The number of nitrogens with one attached hydrogen (secondary N) is 1. The number of rotatable bonds is 6. The van der Waals surface area contributed by atoms with Gasteiger partial charge in [-0.1, -0.05) is 18.2 Å². The molecule has 4 aromatic rings. The molecule has 0 spiro atoms. The number of aromatic nitrogens is 2. The predicted molar refractivity (Wildman–Crippen MR) is 111 cm³/mol. The second kappa shape index (κ2) is 8.22. The van der Waals surface area contributed by atoms with E-state index in [4.69, 9.17) is 9.84 Å². The van der Waals surface area contributed by atoms with E-state index < -0.39 is 5.97 Å². The molecule has 0 radical (unpaired) electrons. The summed E-state index contributed by atoms with van der Waals surface area (Å²) < 4.78 is 5.98. The molecule has 0 aliphatic heterocycles. The van der Waals surface area contributed by atoms with Crippen LogP contribution in [0.15, 0.2) is 91.3 Å². The molecule has 29 heavy (non-hydrogen) atoms. The minimum absolute atomic E-state index is 0.233. The van der Waals surface area contributed by atoms with Crippen LogP contribution in [0.5, 0.6) is 11.6 Å². The van der Waals surface area contributed by atoms with Gasteiger partial charge in [-0.15, -0.1) is 0 Å². The lowest BCUT2D eigenvalue weighted by Crippen LogP contribution is -1.96. The lowest BCUT2D eigenvalue weighted by Gasteiger charge is -2.11. The molecular weight excluding hydrogens is 366 g/mol. The fourth-order valence-electron chi connectivity index (χ4n) is 2.79. The van der Waals surface area contributed by atoms with Crippen LogP contribution in [0.25, 0.3) is 11.1 Å². The van der Waals surface area contributed by atoms with Crippen LogP contribution in [0.3, 0.4) is 0 Å². The van der Waals surface area contributed by atoms with Crippen molar-refractivity contribution in [1.29, 1.82) is 0 Å². The van der Waals surface area contributed by atoms with Crippen LogP contribution in [0.2, 0.25) is 0 Å². The van der Waals surface area contributed by atoms with Gasteiger partial charge in [-0.05, 0) is 66.2 Å². The zero-order valence-corrected chi connectivity index (χ0v) is 15.3. The summed E-state index contributed by atoms with van der Waals surface area (Å²) >= 11 is 0. The van der Waals surface area contributed by atoms with Crippen molar-refractivity contribution in [3.8, 4) is 22.8 Å². The molecule has 0 fully saturated rings. The second-order valence-electron chi connectivity index (χ2n) is 6.21. The lowest BCUT2D eigenvalue weighted by molar-refractivity contribution is 0.0697. The molecule has 142 valence electrons. The number of benzene rings is 2. The molecule has 0 saturated carbocycles. The molecule has 2 heterocycles. The number of aromatic carboxylic acids is 1. The van der Waals surface area contributed by atoms with E-state index in [0.29, 0.717) is 11.6 Å². The zero-order chi connectivity index (χ0) is 20.1. The number of nitrogens with zero attached hydrogens (tertiary/aromatic N) is 2. The third-order valence-corrected chi connectivity index (χ3v) is 4.22. The molecule has 0 saturated heterocycles. The Kier molecular flexibility index (Phi) is 5.16. The third kappa shape index (κ3) is 4.39. The summed E-state index contributed by atoms with van der Waals surface area (Å²) in [6.07, 6.45) is 3.38. The average Bonchev–Trinajstić information content (AvgIpc) is 2.76. The van der Waals surface area contributed by atoms with E-state index in [1.54, 1.807) is 36.7 Å². The Morgan fingerprint density at radius 2 is 1.59 bits per heavy atom. The van der Waals surface area contributed by atoms with Gasteiger partial charge < -0.3 is 15.2 Å². The van der Waals surface area contributed by atoms with Crippen LogP contribution in [-0.4, -0.2) is 21.0 Å². The zero-order valence-electron chi connectivity index (χ0n) is 15.3. The van der Waals surface area contributed by atoms with E-state index in [1.165, 1.54) is 0 Å². The summed E-state index contributed by atoms with van der Waals surface area (Å²) in [6, 6.07) is 23.5. The number of hydrogen-bond acceptors (Lipinski definition) is 5. The summed E-state index contributed by atoms with van der Waals surface area (Å²) in [6.45, 7) is 0. The van der Waals surface area contributed by atoms with E-state index in [1.807, 2.05) is 54.6 Å². The van der Waals surface area contributed by atoms with Crippen molar-refractivity contribution in [2.24, 2.45) is 0 Å². The Hall–Kier alpha value is -4.19. The van der Waals surface area contributed by atoms with Crippen molar-refractivity contribution in [3.05, 3.63) is 96.8 Å². The minimum atomic E-state index is -0.960. The quantitative estimate of drug-likeness (QED) is 0.465. The van der Waals surface area contributed by atoms with Crippen LogP contribution < -0.4 is 10.1 Å². The Morgan fingerprint density at radius 1 is 0.828 bits per heavy atom. The third-order valence-electron chi connectivity index (χ3n) is 4.22. The van der Waals surface area contributed by atoms with Crippen molar-refractivity contribution in [2.45, 2.75) is 0 Å². The van der Waals surface area contributed by atoms with Crippen molar-refractivity contribution >= 4 is 17.5 Å². The summed E-state index contributed by atoms with van der Waals surface area (Å²) in [5.74, 6) is 0.885. The maximum absolute atomic E-state index is 11.1. The average molecular weight is 383 g/mol. The SMILES string of the molecule is O=C(O)c1ccc(-c2cccnc2Oc2ccc(Nc3ccccn3)cc2)cc1. The molecule has 0 unspecified atom stereocenters. The van der Waals surface area contributed by atoms with Crippen molar-refractivity contribution in [3.63, 3.8) is 0 Å². The second-order valence-corrected chi connectivity index (χ2v) is 6.21. The number of hydrogen-bond donors (Lipinski definition) is 2. The number of ether oxygens (including phenoxy) is 1. The maximum atomic E-state index is 11.1. The highest BCUT2D eigenvalue weighted by Gasteiger charge is 2.10. The van der Waals surface area contributed by atoms with Gasteiger partial charge in [-0.2, -0.15) is 0 Å². The fourth-order valence-corrected chi connectivity index (χ4v) is 2.79. The molecule has 4 rings (SSSR count). The number of anilines is 2. The highest BCUT2D eigenvalue weighted by Crippen LogP contribution is 2.32.